The molecule has 17 heavy (non-hydrogen) atoms. The van der Waals surface area contributed by atoms with Crippen LogP contribution in [-0.2, 0) is 6.54 Å². The van der Waals surface area contributed by atoms with E-state index < -0.39 is 0 Å². The van der Waals surface area contributed by atoms with Crippen LogP contribution in [0, 0.1) is 0 Å². The van der Waals surface area contributed by atoms with Gasteiger partial charge in [-0.2, -0.15) is 0 Å². The lowest BCUT2D eigenvalue weighted by molar-refractivity contribution is 0.711. The summed E-state index contributed by atoms with van der Waals surface area (Å²) in [6, 6.07) is 4.98. The molecule has 2 aromatic rings. The molecule has 2 heterocycles. The number of aromatic nitrogens is 3. The highest BCUT2D eigenvalue weighted by Gasteiger charge is 2.05. The number of rotatable bonds is 3. The second-order valence-electron chi connectivity index (χ2n) is 3.30. The van der Waals surface area contributed by atoms with Crippen LogP contribution in [0.3, 0.4) is 0 Å². The van der Waals surface area contributed by atoms with Crippen LogP contribution >= 0.6 is 11.6 Å². The monoisotopic (exact) mass is 251 g/mol. The minimum atomic E-state index is -0.350. The average Bonchev–Trinajstić information content (AvgIpc) is 2.35. The summed E-state index contributed by atoms with van der Waals surface area (Å²) in [6.45, 7) is 0.251. The standard InChI is InChI=1S/C10H10ClN5O/c11-7-2-3-9(15-12)14-8(7)6-16-5-1-4-13-10(16)17/h1-5H,6,12H2,(H,14,15). The first-order valence-electron chi connectivity index (χ1n) is 4.84. The van der Waals surface area contributed by atoms with Crippen molar-refractivity contribution in [2.24, 2.45) is 5.84 Å². The first kappa shape index (κ1) is 11.6. The van der Waals surface area contributed by atoms with Crippen LogP contribution in [0.15, 0.2) is 35.4 Å². The predicted octanol–water partition coefficient (Wildman–Crippen LogP) is 0.626. The molecule has 0 unspecified atom stereocenters. The summed E-state index contributed by atoms with van der Waals surface area (Å²) in [6.07, 6.45) is 3.06. The molecule has 0 radical (unpaired) electrons. The number of hydrogen-bond acceptors (Lipinski definition) is 5. The van der Waals surface area contributed by atoms with E-state index in [1.807, 2.05) is 0 Å². The van der Waals surface area contributed by atoms with Crippen molar-refractivity contribution in [1.29, 1.82) is 0 Å². The smallest absolute Gasteiger partial charge is 0.308 e. The Hall–Kier alpha value is -1.92. The van der Waals surface area contributed by atoms with Gasteiger partial charge in [-0.15, -0.1) is 0 Å². The molecule has 2 rings (SSSR count). The summed E-state index contributed by atoms with van der Waals surface area (Å²) >= 11 is 5.99. The second kappa shape index (κ2) is 4.94. The molecule has 0 saturated carbocycles. The molecule has 0 saturated heterocycles. The highest BCUT2D eigenvalue weighted by Crippen LogP contribution is 2.16. The molecule has 0 aliphatic heterocycles. The lowest BCUT2D eigenvalue weighted by Gasteiger charge is -2.07. The van der Waals surface area contributed by atoms with Crippen LogP contribution in [0.4, 0.5) is 5.82 Å². The number of nitrogen functional groups attached to an aromatic ring is 1. The number of hydrogen-bond donors (Lipinski definition) is 2. The molecule has 0 bridgehead atoms. The van der Waals surface area contributed by atoms with Gasteiger partial charge in [0.1, 0.15) is 5.82 Å². The van der Waals surface area contributed by atoms with Crippen LogP contribution in [-0.4, -0.2) is 14.5 Å². The highest BCUT2D eigenvalue weighted by atomic mass is 35.5. The first-order valence-corrected chi connectivity index (χ1v) is 5.22. The Morgan fingerprint density at radius 2 is 2.29 bits per heavy atom. The molecule has 0 aliphatic rings. The second-order valence-corrected chi connectivity index (χ2v) is 3.71. The largest absolute Gasteiger partial charge is 0.347 e. The molecule has 0 amide bonds. The van der Waals surface area contributed by atoms with E-state index in [1.165, 1.54) is 10.8 Å². The fourth-order valence-electron chi connectivity index (χ4n) is 1.34. The molecule has 0 atom stereocenters. The molecule has 0 aliphatic carbocycles. The number of nitrogens with zero attached hydrogens (tertiary/aromatic N) is 3. The van der Waals surface area contributed by atoms with Gasteiger partial charge in [0.2, 0.25) is 0 Å². The Morgan fingerprint density at radius 3 is 3.00 bits per heavy atom. The molecule has 88 valence electrons. The molecule has 0 fully saturated rings. The number of hydrazine groups is 1. The van der Waals surface area contributed by atoms with Crippen molar-refractivity contribution >= 4 is 17.4 Å². The maximum Gasteiger partial charge on any atom is 0.347 e. The number of halogens is 1. The van der Waals surface area contributed by atoms with Crippen molar-refractivity contribution in [3.63, 3.8) is 0 Å². The van der Waals surface area contributed by atoms with E-state index in [4.69, 9.17) is 17.4 Å². The Balaban J connectivity index is 2.36. The van der Waals surface area contributed by atoms with Gasteiger partial charge in [-0.05, 0) is 18.2 Å². The van der Waals surface area contributed by atoms with Crippen molar-refractivity contribution in [2.45, 2.75) is 6.54 Å². The molecule has 6 nitrogen and oxygen atoms in total. The van der Waals surface area contributed by atoms with E-state index in [0.29, 0.717) is 16.5 Å². The minimum absolute atomic E-state index is 0.251. The van der Waals surface area contributed by atoms with Gasteiger partial charge in [-0.1, -0.05) is 11.6 Å². The summed E-state index contributed by atoms with van der Waals surface area (Å²) in [5.74, 6) is 5.74. The highest BCUT2D eigenvalue weighted by molar-refractivity contribution is 6.31. The van der Waals surface area contributed by atoms with Crippen LogP contribution in [0.5, 0.6) is 0 Å². The molecular weight excluding hydrogens is 242 g/mol. The van der Waals surface area contributed by atoms with Gasteiger partial charge in [0.15, 0.2) is 0 Å². The number of nitrogens with one attached hydrogen (secondary N) is 1. The van der Waals surface area contributed by atoms with Crippen LogP contribution in [0.2, 0.25) is 5.02 Å². The van der Waals surface area contributed by atoms with Crippen molar-refractivity contribution < 1.29 is 0 Å². The Bertz CT molecular complexity index is 583. The summed E-state index contributed by atoms with van der Waals surface area (Å²) in [5.41, 5.74) is 2.62. The number of anilines is 1. The minimum Gasteiger partial charge on any atom is -0.308 e. The van der Waals surface area contributed by atoms with Gasteiger partial charge in [-0.3, -0.25) is 4.57 Å². The van der Waals surface area contributed by atoms with E-state index in [-0.39, 0.29) is 12.2 Å². The summed E-state index contributed by atoms with van der Waals surface area (Å²) in [5, 5.41) is 0.472. The van der Waals surface area contributed by atoms with Gasteiger partial charge in [-0.25, -0.2) is 20.6 Å². The van der Waals surface area contributed by atoms with E-state index in [9.17, 15) is 4.79 Å². The summed E-state index contributed by atoms with van der Waals surface area (Å²) in [7, 11) is 0. The van der Waals surface area contributed by atoms with Crippen molar-refractivity contribution in [3.05, 3.63) is 51.8 Å². The zero-order valence-electron chi connectivity index (χ0n) is 8.80. The molecule has 0 aromatic carbocycles. The average molecular weight is 252 g/mol. The van der Waals surface area contributed by atoms with Crippen LogP contribution < -0.4 is 17.0 Å². The zero-order valence-corrected chi connectivity index (χ0v) is 9.55. The predicted molar refractivity (Wildman–Crippen MR) is 64.7 cm³/mol. The van der Waals surface area contributed by atoms with Gasteiger partial charge in [0, 0.05) is 12.4 Å². The van der Waals surface area contributed by atoms with Gasteiger partial charge in [0.25, 0.3) is 0 Å². The van der Waals surface area contributed by atoms with Gasteiger partial charge in [0.05, 0.1) is 17.3 Å². The third kappa shape index (κ3) is 2.61. The fraction of sp³-hybridized carbons (Fsp3) is 0.100. The van der Waals surface area contributed by atoms with Gasteiger partial charge < -0.3 is 5.43 Å². The lowest BCUT2D eigenvalue weighted by atomic mass is 10.3. The molecule has 7 heteroatoms. The maximum absolute atomic E-state index is 11.4. The fourth-order valence-corrected chi connectivity index (χ4v) is 1.51. The van der Waals surface area contributed by atoms with Crippen molar-refractivity contribution in [1.82, 2.24) is 14.5 Å². The third-order valence-electron chi connectivity index (χ3n) is 2.17. The van der Waals surface area contributed by atoms with Crippen LogP contribution in [0.25, 0.3) is 0 Å². The zero-order chi connectivity index (χ0) is 12.3. The van der Waals surface area contributed by atoms with E-state index in [0.717, 1.165) is 0 Å². The maximum atomic E-state index is 11.4. The molecule has 3 N–H and O–H groups in total. The lowest BCUT2D eigenvalue weighted by Crippen LogP contribution is -2.22. The first-order chi connectivity index (χ1) is 8.20. The number of pyridine rings is 1. The van der Waals surface area contributed by atoms with Crippen LogP contribution in [0.1, 0.15) is 5.69 Å². The third-order valence-corrected chi connectivity index (χ3v) is 2.51. The summed E-state index contributed by atoms with van der Waals surface area (Å²) in [4.78, 5) is 19.2. The topological polar surface area (TPSA) is 85.8 Å². The van der Waals surface area contributed by atoms with Gasteiger partial charge >= 0.3 is 5.69 Å². The van der Waals surface area contributed by atoms with E-state index in [2.05, 4.69) is 15.4 Å². The summed E-state index contributed by atoms with van der Waals surface area (Å²) < 4.78 is 1.41. The van der Waals surface area contributed by atoms with E-state index >= 15 is 0 Å². The Morgan fingerprint density at radius 1 is 1.47 bits per heavy atom. The number of nitrogens with two attached hydrogens (primary N) is 1. The quantitative estimate of drug-likeness (QED) is 0.617. The normalized spacial score (nSPS) is 10.2. The van der Waals surface area contributed by atoms with Crippen molar-refractivity contribution in [2.75, 3.05) is 5.43 Å². The SMILES string of the molecule is NNc1ccc(Cl)c(Cn2cccnc2=O)n1. The van der Waals surface area contributed by atoms with E-state index in [1.54, 1.807) is 24.4 Å². The van der Waals surface area contributed by atoms with Crippen molar-refractivity contribution in [3.8, 4) is 0 Å². The Labute approximate surface area is 102 Å². The Kier molecular flexibility index (Phi) is 3.36. The molecule has 0 spiro atoms. The molecular formula is C10H10ClN5O. The molecule has 2 aromatic heterocycles.